The molecule has 0 aromatic heterocycles. The molecule has 4 rings (SSSR count). The number of anilines is 2. The van der Waals surface area contributed by atoms with E-state index in [0.717, 1.165) is 16.0 Å². The molecule has 0 radical (unpaired) electrons. The molecule has 6 N–H and O–H groups in total. The molecule has 0 spiro atoms. The van der Waals surface area contributed by atoms with Crippen molar-refractivity contribution >= 4 is 40.9 Å². The summed E-state index contributed by atoms with van der Waals surface area (Å²) in [6.45, 7) is 2.20. The Morgan fingerprint density at radius 2 is 1.56 bits per heavy atom. The summed E-state index contributed by atoms with van der Waals surface area (Å²) in [4.78, 5) is 39.1. The van der Waals surface area contributed by atoms with Crippen LogP contribution in [0.1, 0.15) is 38.8 Å². The molecule has 0 aliphatic rings. The highest BCUT2D eigenvalue weighted by Crippen LogP contribution is 2.35. The molecule has 9 heteroatoms. The first kappa shape index (κ1) is 27.4. The molecule has 0 fully saturated rings. The summed E-state index contributed by atoms with van der Waals surface area (Å²) in [6, 6.07) is 25.5. The highest BCUT2D eigenvalue weighted by atomic mass is 32.2. The molecule has 3 amide bonds. The van der Waals surface area contributed by atoms with Gasteiger partial charge in [-0.15, -0.1) is 0 Å². The summed E-state index contributed by atoms with van der Waals surface area (Å²) in [6.07, 6.45) is 0. The number of nitrogens with two attached hydrogens (primary N) is 1. The molecule has 0 saturated carbocycles. The molecule has 39 heavy (non-hydrogen) atoms. The van der Waals surface area contributed by atoms with Crippen molar-refractivity contribution in [3.63, 3.8) is 0 Å². The first-order chi connectivity index (χ1) is 18.8. The van der Waals surface area contributed by atoms with Crippen LogP contribution in [0.2, 0.25) is 0 Å². The molecule has 198 valence electrons. The predicted molar refractivity (Wildman–Crippen MR) is 153 cm³/mol. The Hall–Kier alpha value is -4.60. The van der Waals surface area contributed by atoms with Crippen LogP contribution < -0.4 is 21.7 Å². The Morgan fingerprint density at radius 3 is 2.31 bits per heavy atom. The summed E-state index contributed by atoms with van der Waals surface area (Å²) in [7, 11) is 0. The molecule has 4 aromatic carbocycles. The van der Waals surface area contributed by atoms with E-state index in [1.165, 1.54) is 18.7 Å². The Balaban J connectivity index is 1.54. The van der Waals surface area contributed by atoms with Gasteiger partial charge in [0.1, 0.15) is 5.75 Å². The topological polar surface area (TPSA) is 134 Å². The van der Waals surface area contributed by atoms with E-state index in [1.807, 2.05) is 24.3 Å². The predicted octanol–water partition coefficient (Wildman–Crippen LogP) is 5.78. The average Bonchev–Trinajstić information content (AvgIpc) is 2.94. The third kappa shape index (κ3) is 7.70. The normalized spacial score (nSPS) is 10.5. The van der Waals surface area contributed by atoms with E-state index < -0.39 is 6.03 Å². The minimum atomic E-state index is -0.528. The average molecular weight is 541 g/mol. The van der Waals surface area contributed by atoms with Gasteiger partial charge in [0.15, 0.2) is 5.78 Å². The van der Waals surface area contributed by atoms with Gasteiger partial charge < -0.3 is 26.8 Å². The zero-order valence-corrected chi connectivity index (χ0v) is 22.0. The molecule has 0 atom stereocenters. The number of hydrogen-bond donors (Lipinski definition) is 5. The highest BCUT2D eigenvalue weighted by molar-refractivity contribution is 7.99. The van der Waals surface area contributed by atoms with Gasteiger partial charge in [0, 0.05) is 39.7 Å². The first-order valence-corrected chi connectivity index (χ1v) is 13.0. The van der Waals surface area contributed by atoms with Crippen LogP contribution in [-0.4, -0.2) is 22.8 Å². The van der Waals surface area contributed by atoms with Crippen molar-refractivity contribution in [3.8, 4) is 5.75 Å². The number of nitrogens with one attached hydrogen (secondary N) is 3. The lowest BCUT2D eigenvalue weighted by molar-refractivity contribution is 0.0949. The number of urea groups is 1. The van der Waals surface area contributed by atoms with Crippen LogP contribution in [0.3, 0.4) is 0 Å². The summed E-state index contributed by atoms with van der Waals surface area (Å²) in [5.74, 6) is -0.263. The number of carbonyl (C=O) groups is 3. The number of hydrogen-bond acceptors (Lipinski definition) is 6. The highest BCUT2D eigenvalue weighted by Gasteiger charge is 2.14. The second-order valence-electron chi connectivity index (χ2n) is 8.73. The second-order valence-corrected chi connectivity index (χ2v) is 9.85. The maximum atomic E-state index is 13.0. The lowest BCUT2D eigenvalue weighted by atomic mass is 10.1. The van der Waals surface area contributed by atoms with E-state index in [9.17, 15) is 19.5 Å². The smallest absolute Gasteiger partial charge is 0.323 e. The standard InChI is InChI=1S/C30H28N4O4S/c1-19(35)22-6-3-7-24(15-22)33-30(38)34-27-16-23(8-13-28(27)39-26-11-9-25(36)10-12-26)29(37)32-18-21-5-2-4-20(14-21)17-31/h2-16,36H,17-18,31H2,1H3,(H,32,37)(H2,33,34,38). The summed E-state index contributed by atoms with van der Waals surface area (Å²) < 4.78 is 0. The minimum Gasteiger partial charge on any atom is -0.508 e. The molecule has 4 aromatic rings. The van der Waals surface area contributed by atoms with Crippen molar-refractivity contribution < 1.29 is 19.5 Å². The number of phenolic OH excluding ortho intramolecular Hbond substituents is 1. The molecule has 0 unspecified atom stereocenters. The van der Waals surface area contributed by atoms with Crippen molar-refractivity contribution in [3.05, 3.63) is 113 Å². The molecular formula is C30H28N4O4S. The van der Waals surface area contributed by atoms with Gasteiger partial charge in [-0.25, -0.2) is 4.79 Å². The summed E-state index contributed by atoms with van der Waals surface area (Å²) >= 11 is 1.37. The van der Waals surface area contributed by atoms with E-state index in [-0.39, 0.29) is 17.4 Å². The van der Waals surface area contributed by atoms with Gasteiger partial charge >= 0.3 is 6.03 Å². The number of amides is 3. The van der Waals surface area contributed by atoms with Crippen molar-refractivity contribution in [1.29, 1.82) is 0 Å². The minimum absolute atomic E-state index is 0.111. The third-order valence-corrected chi connectivity index (χ3v) is 6.85. The molecular weight excluding hydrogens is 512 g/mol. The molecule has 0 saturated heterocycles. The van der Waals surface area contributed by atoms with Crippen LogP contribution >= 0.6 is 11.8 Å². The van der Waals surface area contributed by atoms with Crippen LogP contribution in [0.15, 0.2) is 101 Å². The number of aromatic hydroxyl groups is 1. The van der Waals surface area contributed by atoms with Gasteiger partial charge in [-0.3, -0.25) is 9.59 Å². The maximum Gasteiger partial charge on any atom is 0.323 e. The van der Waals surface area contributed by atoms with E-state index in [2.05, 4.69) is 16.0 Å². The van der Waals surface area contributed by atoms with E-state index in [1.54, 1.807) is 66.7 Å². The van der Waals surface area contributed by atoms with E-state index >= 15 is 0 Å². The van der Waals surface area contributed by atoms with Crippen LogP contribution in [0.4, 0.5) is 16.2 Å². The van der Waals surface area contributed by atoms with E-state index in [0.29, 0.717) is 40.5 Å². The van der Waals surface area contributed by atoms with Gasteiger partial charge in [0.2, 0.25) is 0 Å². The van der Waals surface area contributed by atoms with Crippen molar-refractivity contribution in [2.24, 2.45) is 5.73 Å². The summed E-state index contributed by atoms with van der Waals surface area (Å²) in [5, 5.41) is 18.1. The molecule has 0 heterocycles. The van der Waals surface area contributed by atoms with Gasteiger partial charge in [-0.2, -0.15) is 0 Å². The molecule has 0 bridgehead atoms. The lowest BCUT2D eigenvalue weighted by Gasteiger charge is -2.14. The monoisotopic (exact) mass is 540 g/mol. The summed E-state index contributed by atoms with van der Waals surface area (Å²) in [5.41, 5.74) is 9.34. The van der Waals surface area contributed by atoms with Gasteiger partial charge in [0.25, 0.3) is 5.91 Å². The third-order valence-electron chi connectivity index (χ3n) is 5.76. The number of Topliss-reactive ketones (excluding diaryl/α,β-unsaturated/α-hetero) is 1. The van der Waals surface area contributed by atoms with Crippen LogP contribution in [0.5, 0.6) is 5.75 Å². The Kier molecular flexibility index (Phi) is 8.98. The van der Waals surface area contributed by atoms with Crippen molar-refractivity contribution in [2.45, 2.75) is 29.8 Å². The maximum absolute atomic E-state index is 13.0. The number of phenols is 1. The fourth-order valence-corrected chi connectivity index (χ4v) is 4.63. The largest absolute Gasteiger partial charge is 0.508 e. The Labute approximate surface area is 230 Å². The number of carbonyl (C=O) groups excluding carboxylic acids is 3. The van der Waals surface area contributed by atoms with E-state index in [4.69, 9.17) is 5.73 Å². The molecule has 0 aliphatic carbocycles. The molecule has 0 aliphatic heterocycles. The Bertz CT molecular complexity index is 1510. The van der Waals surface area contributed by atoms with Gasteiger partial charge in [-0.1, -0.05) is 48.2 Å². The van der Waals surface area contributed by atoms with Crippen molar-refractivity contribution in [1.82, 2.24) is 5.32 Å². The molecule has 8 nitrogen and oxygen atoms in total. The number of rotatable bonds is 9. The van der Waals surface area contributed by atoms with Gasteiger partial charge in [-0.05, 0) is 72.6 Å². The fraction of sp³-hybridized carbons (Fsp3) is 0.100. The van der Waals surface area contributed by atoms with Crippen molar-refractivity contribution in [2.75, 3.05) is 10.6 Å². The Morgan fingerprint density at radius 1 is 0.821 bits per heavy atom. The zero-order chi connectivity index (χ0) is 27.8. The first-order valence-electron chi connectivity index (χ1n) is 12.2. The van der Waals surface area contributed by atoms with Crippen LogP contribution in [0.25, 0.3) is 0 Å². The van der Waals surface area contributed by atoms with Crippen LogP contribution in [-0.2, 0) is 13.1 Å². The SMILES string of the molecule is CC(=O)c1cccc(NC(=O)Nc2cc(C(=O)NCc3cccc(CN)c3)ccc2Sc2ccc(O)cc2)c1. The number of ketones is 1. The number of benzene rings is 4. The zero-order valence-electron chi connectivity index (χ0n) is 21.2. The lowest BCUT2D eigenvalue weighted by Crippen LogP contribution is -2.24. The van der Waals surface area contributed by atoms with Gasteiger partial charge in [0.05, 0.1) is 5.69 Å². The second kappa shape index (κ2) is 12.8. The fourth-order valence-electron chi connectivity index (χ4n) is 3.75. The quantitative estimate of drug-likeness (QED) is 0.171. The van der Waals surface area contributed by atoms with Crippen LogP contribution in [0, 0.1) is 0 Å².